The zero-order chi connectivity index (χ0) is 23.3. The van der Waals surface area contributed by atoms with Crippen LogP contribution in [0.2, 0.25) is 0 Å². The van der Waals surface area contributed by atoms with Crippen molar-refractivity contribution in [1.29, 1.82) is 0 Å². The van der Waals surface area contributed by atoms with Gasteiger partial charge in [-0.25, -0.2) is 8.42 Å². The lowest BCUT2D eigenvalue weighted by Crippen LogP contribution is -2.30. The van der Waals surface area contributed by atoms with Crippen molar-refractivity contribution in [2.24, 2.45) is 0 Å². The minimum Gasteiger partial charge on any atom is -0.496 e. The first-order valence-electron chi connectivity index (χ1n) is 10.0. The highest BCUT2D eigenvalue weighted by molar-refractivity contribution is 7.92. The van der Waals surface area contributed by atoms with E-state index in [0.29, 0.717) is 22.7 Å². The molecule has 168 valence electrons. The van der Waals surface area contributed by atoms with E-state index < -0.39 is 15.9 Å². The second-order valence-electron chi connectivity index (χ2n) is 7.01. The molecule has 1 amide bonds. The minimum atomic E-state index is -3.86. The average Bonchev–Trinajstić information content (AvgIpc) is 2.80. The number of aryl methyl sites for hydroxylation is 1. The molecular formula is C24H26N2O5S. The molecule has 0 fully saturated rings. The maximum atomic E-state index is 13.3. The van der Waals surface area contributed by atoms with Gasteiger partial charge in [-0.3, -0.25) is 9.10 Å². The molecule has 0 atom stereocenters. The Hall–Kier alpha value is -3.52. The van der Waals surface area contributed by atoms with Crippen LogP contribution >= 0.6 is 0 Å². The SMILES string of the molecule is CCN(c1ccccc1)S(=O)(=O)c1ccc(OC)c(NC(=O)c2ccc(C)c(OC)c2)c1. The Morgan fingerprint density at radius 2 is 1.62 bits per heavy atom. The number of anilines is 2. The molecule has 0 bridgehead atoms. The molecule has 0 heterocycles. The summed E-state index contributed by atoms with van der Waals surface area (Å²) < 4.78 is 38.6. The van der Waals surface area contributed by atoms with Gasteiger partial charge in [0.1, 0.15) is 11.5 Å². The molecule has 0 aliphatic rings. The monoisotopic (exact) mass is 454 g/mol. The van der Waals surface area contributed by atoms with E-state index in [1.807, 2.05) is 13.0 Å². The lowest BCUT2D eigenvalue weighted by atomic mass is 10.1. The number of carbonyl (C=O) groups is 1. The van der Waals surface area contributed by atoms with Crippen LogP contribution in [0.5, 0.6) is 11.5 Å². The van der Waals surface area contributed by atoms with E-state index in [-0.39, 0.29) is 17.1 Å². The Bertz CT molecular complexity index is 1210. The standard InChI is InChI=1S/C24H26N2O5S/c1-5-26(19-9-7-6-8-10-19)32(28,29)20-13-14-22(30-3)21(16-20)25-24(27)18-12-11-17(2)23(15-18)31-4/h6-16H,5H2,1-4H3,(H,25,27). The molecule has 7 nitrogen and oxygen atoms in total. The van der Waals surface area contributed by atoms with Crippen LogP contribution in [0.1, 0.15) is 22.8 Å². The fraction of sp³-hybridized carbons (Fsp3) is 0.208. The molecule has 3 aromatic rings. The van der Waals surface area contributed by atoms with Crippen LogP contribution in [-0.4, -0.2) is 35.1 Å². The highest BCUT2D eigenvalue weighted by Gasteiger charge is 2.25. The van der Waals surface area contributed by atoms with E-state index in [1.165, 1.54) is 36.7 Å². The summed E-state index contributed by atoms with van der Waals surface area (Å²) in [6, 6.07) is 18.3. The number of amides is 1. The van der Waals surface area contributed by atoms with Crippen LogP contribution in [0.25, 0.3) is 0 Å². The predicted octanol–water partition coefficient (Wildman–Crippen LogP) is 4.48. The summed E-state index contributed by atoms with van der Waals surface area (Å²) in [4.78, 5) is 12.9. The normalized spacial score (nSPS) is 11.0. The Morgan fingerprint density at radius 3 is 2.25 bits per heavy atom. The molecule has 0 aliphatic carbocycles. The van der Waals surface area contributed by atoms with Crippen molar-refractivity contribution < 1.29 is 22.7 Å². The van der Waals surface area contributed by atoms with Gasteiger partial charge in [0.25, 0.3) is 15.9 Å². The number of nitrogens with one attached hydrogen (secondary N) is 1. The van der Waals surface area contributed by atoms with Gasteiger partial charge in [-0.2, -0.15) is 0 Å². The summed E-state index contributed by atoms with van der Waals surface area (Å²) in [5.41, 5.74) is 2.09. The first-order valence-corrected chi connectivity index (χ1v) is 11.5. The lowest BCUT2D eigenvalue weighted by Gasteiger charge is -2.23. The van der Waals surface area contributed by atoms with Gasteiger partial charge in [0.15, 0.2) is 0 Å². The van der Waals surface area contributed by atoms with Gasteiger partial charge in [0.2, 0.25) is 0 Å². The van der Waals surface area contributed by atoms with Crippen LogP contribution in [0.3, 0.4) is 0 Å². The first kappa shape index (κ1) is 23.1. The third-order valence-corrected chi connectivity index (χ3v) is 6.91. The van der Waals surface area contributed by atoms with Crippen molar-refractivity contribution in [3.8, 4) is 11.5 Å². The Labute approximate surface area is 188 Å². The number of rotatable bonds is 8. The zero-order valence-corrected chi connectivity index (χ0v) is 19.3. The molecule has 1 N–H and O–H groups in total. The third kappa shape index (κ3) is 4.70. The van der Waals surface area contributed by atoms with E-state index >= 15 is 0 Å². The summed E-state index contributed by atoms with van der Waals surface area (Å²) in [7, 11) is -0.872. The van der Waals surface area contributed by atoms with Crippen LogP contribution in [0, 0.1) is 6.92 Å². The van der Waals surface area contributed by atoms with E-state index in [9.17, 15) is 13.2 Å². The van der Waals surface area contributed by atoms with E-state index in [0.717, 1.165) is 5.56 Å². The number of carbonyl (C=O) groups excluding carboxylic acids is 1. The number of hydrogen-bond donors (Lipinski definition) is 1. The van der Waals surface area contributed by atoms with Crippen molar-refractivity contribution in [2.75, 3.05) is 30.4 Å². The van der Waals surface area contributed by atoms with Gasteiger partial charge in [-0.05, 0) is 61.9 Å². The van der Waals surface area contributed by atoms with Gasteiger partial charge < -0.3 is 14.8 Å². The molecule has 0 aliphatic heterocycles. The maximum absolute atomic E-state index is 13.3. The van der Waals surface area contributed by atoms with E-state index in [4.69, 9.17) is 9.47 Å². The number of nitrogens with zero attached hydrogens (tertiary/aromatic N) is 1. The van der Waals surface area contributed by atoms with Crippen LogP contribution < -0.4 is 19.1 Å². The first-order chi connectivity index (χ1) is 15.3. The number of para-hydroxylation sites is 1. The smallest absolute Gasteiger partial charge is 0.264 e. The van der Waals surface area contributed by atoms with Gasteiger partial charge in [0.05, 0.1) is 30.5 Å². The van der Waals surface area contributed by atoms with Gasteiger partial charge in [-0.1, -0.05) is 24.3 Å². The van der Waals surface area contributed by atoms with Crippen LogP contribution in [-0.2, 0) is 10.0 Å². The van der Waals surface area contributed by atoms with Gasteiger partial charge in [0, 0.05) is 12.1 Å². The summed E-state index contributed by atoms with van der Waals surface area (Å²) in [6.07, 6.45) is 0. The van der Waals surface area contributed by atoms with Crippen LogP contribution in [0.4, 0.5) is 11.4 Å². The molecule has 3 aromatic carbocycles. The molecule has 32 heavy (non-hydrogen) atoms. The maximum Gasteiger partial charge on any atom is 0.264 e. The number of methoxy groups -OCH3 is 2. The summed E-state index contributed by atoms with van der Waals surface area (Å²) in [5.74, 6) is 0.521. The Balaban J connectivity index is 1.97. The second-order valence-corrected chi connectivity index (χ2v) is 8.87. The van der Waals surface area contributed by atoms with Crippen molar-refractivity contribution in [1.82, 2.24) is 0 Å². The highest BCUT2D eigenvalue weighted by atomic mass is 32.2. The van der Waals surface area contributed by atoms with Crippen molar-refractivity contribution >= 4 is 27.3 Å². The van der Waals surface area contributed by atoms with Crippen molar-refractivity contribution in [2.45, 2.75) is 18.7 Å². The molecule has 0 radical (unpaired) electrons. The number of hydrogen-bond acceptors (Lipinski definition) is 5. The Morgan fingerprint density at radius 1 is 0.938 bits per heavy atom. The van der Waals surface area contributed by atoms with Gasteiger partial charge >= 0.3 is 0 Å². The summed E-state index contributed by atoms with van der Waals surface area (Å²) in [6.45, 7) is 3.90. The van der Waals surface area contributed by atoms with Crippen molar-refractivity contribution in [3.05, 3.63) is 77.9 Å². The fourth-order valence-electron chi connectivity index (χ4n) is 3.31. The van der Waals surface area contributed by atoms with E-state index in [1.54, 1.807) is 49.4 Å². The predicted molar refractivity (Wildman–Crippen MR) is 125 cm³/mol. The quantitative estimate of drug-likeness (QED) is 0.542. The number of ether oxygens (including phenoxy) is 2. The molecular weight excluding hydrogens is 428 g/mol. The molecule has 3 rings (SSSR count). The topological polar surface area (TPSA) is 84.9 Å². The minimum absolute atomic E-state index is 0.0424. The van der Waals surface area contributed by atoms with Crippen molar-refractivity contribution in [3.63, 3.8) is 0 Å². The summed E-state index contributed by atoms with van der Waals surface area (Å²) in [5, 5.41) is 2.76. The molecule has 8 heteroatoms. The average molecular weight is 455 g/mol. The molecule has 0 saturated heterocycles. The highest BCUT2D eigenvalue weighted by Crippen LogP contribution is 2.31. The summed E-state index contributed by atoms with van der Waals surface area (Å²) >= 11 is 0. The molecule has 0 aromatic heterocycles. The fourth-order valence-corrected chi connectivity index (χ4v) is 4.81. The molecule has 0 spiro atoms. The molecule has 0 saturated carbocycles. The Kier molecular flexibility index (Phi) is 7.05. The number of benzene rings is 3. The lowest BCUT2D eigenvalue weighted by molar-refractivity contribution is 0.102. The van der Waals surface area contributed by atoms with Gasteiger partial charge in [-0.15, -0.1) is 0 Å². The van der Waals surface area contributed by atoms with E-state index in [2.05, 4.69) is 5.32 Å². The largest absolute Gasteiger partial charge is 0.496 e. The third-order valence-electron chi connectivity index (χ3n) is 5.01. The molecule has 0 unspecified atom stereocenters. The zero-order valence-electron chi connectivity index (χ0n) is 18.5. The second kappa shape index (κ2) is 9.74. The van der Waals surface area contributed by atoms with Crippen LogP contribution in [0.15, 0.2) is 71.6 Å². The number of sulfonamides is 1.